The van der Waals surface area contributed by atoms with Gasteiger partial charge in [-0.15, -0.1) is 0 Å². The minimum Gasteiger partial charge on any atom is -0.439 e. The number of hydrogen-bond acceptors (Lipinski definition) is 4. The summed E-state index contributed by atoms with van der Waals surface area (Å²) in [5.41, 5.74) is 1.000. The van der Waals surface area contributed by atoms with Crippen LogP contribution in [0.25, 0.3) is 11.3 Å². The van der Waals surface area contributed by atoms with Crippen molar-refractivity contribution in [1.82, 2.24) is 15.2 Å². The molecule has 112 valence electrons. The highest BCUT2D eigenvalue weighted by molar-refractivity contribution is 6.30. The summed E-state index contributed by atoms with van der Waals surface area (Å²) in [5.74, 6) is 1.55. The van der Waals surface area contributed by atoms with Crippen LogP contribution in [0, 0.1) is 0 Å². The number of rotatable bonds is 3. The van der Waals surface area contributed by atoms with Gasteiger partial charge in [0.05, 0.1) is 12.7 Å². The quantitative estimate of drug-likeness (QED) is 0.945. The monoisotopic (exact) mass is 305 g/mol. The third kappa shape index (κ3) is 3.46. The van der Waals surface area contributed by atoms with Gasteiger partial charge in [-0.1, -0.05) is 11.6 Å². The molecule has 5 heteroatoms. The molecule has 2 atom stereocenters. The predicted molar refractivity (Wildman–Crippen MR) is 84.3 cm³/mol. The van der Waals surface area contributed by atoms with Crippen molar-refractivity contribution >= 4 is 11.6 Å². The van der Waals surface area contributed by atoms with Crippen molar-refractivity contribution in [2.24, 2.45) is 0 Å². The number of piperazine rings is 1. The first-order valence-electron chi connectivity index (χ1n) is 7.30. The van der Waals surface area contributed by atoms with E-state index in [0.29, 0.717) is 12.1 Å². The van der Waals surface area contributed by atoms with E-state index in [4.69, 9.17) is 16.0 Å². The summed E-state index contributed by atoms with van der Waals surface area (Å²) < 4.78 is 5.88. The molecule has 4 nitrogen and oxygen atoms in total. The van der Waals surface area contributed by atoms with E-state index in [2.05, 4.69) is 29.0 Å². The molecule has 0 amide bonds. The fourth-order valence-corrected chi connectivity index (χ4v) is 2.75. The van der Waals surface area contributed by atoms with Crippen LogP contribution in [0.4, 0.5) is 0 Å². The number of halogens is 1. The summed E-state index contributed by atoms with van der Waals surface area (Å²) in [4.78, 5) is 6.81. The molecule has 2 heterocycles. The maximum Gasteiger partial charge on any atom is 0.209 e. The summed E-state index contributed by atoms with van der Waals surface area (Å²) in [6, 6.07) is 8.61. The Kier molecular flexibility index (Phi) is 4.29. The number of nitrogens with zero attached hydrogens (tertiary/aromatic N) is 2. The number of hydrogen-bond donors (Lipinski definition) is 1. The molecule has 1 fully saturated rings. The van der Waals surface area contributed by atoms with Crippen molar-refractivity contribution < 1.29 is 4.42 Å². The molecule has 1 saturated heterocycles. The van der Waals surface area contributed by atoms with E-state index in [1.54, 1.807) is 6.20 Å². The lowest BCUT2D eigenvalue weighted by Crippen LogP contribution is -2.53. The fourth-order valence-electron chi connectivity index (χ4n) is 2.62. The molecule has 21 heavy (non-hydrogen) atoms. The molecule has 1 aromatic heterocycles. The number of aromatic nitrogens is 1. The average molecular weight is 306 g/mol. The summed E-state index contributed by atoms with van der Waals surface area (Å²) in [6.45, 7) is 7.20. The Morgan fingerprint density at radius 2 is 2.10 bits per heavy atom. The number of oxazole rings is 1. The van der Waals surface area contributed by atoms with E-state index >= 15 is 0 Å². The molecule has 1 aliphatic heterocycles. The Labute approximate surface area is 130 Å². The lowest BCUT2D eigenvalue weighted by Gasteiger charge is -2.36. The van der Waals surface area contributed by atoms with Gasteiger partial charge in [0.1, 0.15) is 0 Å². The highest BCUT2D eigenvalue weighted by Gasteiger charge is 2.23. The van der Waals surface area contributed by atoms with Gasteiger partial charge >= 0.3 is 0 Å². The normalized spacial score (nSPS) is 23.4. The molecule has 1 N–H and O–H groups in total. The van der Waals surface area contributed by atoms with Crippen molar-refractivity contribution in [2.75, 3.05) is 13.1 Å². The molecule has 2 unspecified atom stereocenters. The summed E-state index contributed by atoms with van der Waals surface area (Å²) in [5, 5.41) is 4.20. The molecule has 0 saturated carbocycles. The van der Waals surface area contributed by atoms with Gasteiger partial charge < -0.3 is 9.73 Å². The van der Waals surface area contributed by atoms with E-state index in [1.165, 1.54) is 0 Å². The van der Waals surface area contributed by atoms with Crippen LogP contribution >= 0.6 is 11.6 Å². The van der Waals surface area contributed by atoms with E-state index in [0.717, 1.165) is 41.9 Å². The largest absolute Gasteiger partial charge is 0.439 e. The number of nitrogens with one attached hydrogen (secondary N) is 1. The van der Waals surface area contributed by atoms with Crippen LogP contribution in [0.2, 0.25) is 5.02 Å². The Morgan fingerprint density at radius 3 is 2.86 bits per heavy atom. The van der Waals surface area contributed by atoms with E-state index in [1.807, 2.05) is 24.3 Å². The number of benzene rings is 1. The Morgan fingerprint density at radius 1 is 1.33 bits per heavy atom. The Bertz CT molecular complexity index is 596. The van der Waals surface area contributed by atoms with Crippen LogP contribution in [0.15, 0.2) is 34.9 Å². The van der Waals surface area contributed by atoms with Crippen molar-refractivity contribution in [3.63, 3.8) is 0 Å². The first-order valence-corrected chi connectivity index (χ1v) is 7.67. The first kappa shape index (κ1) is 14.6. The lowest BCUT2D eigenvalue weighted by molar-refractivity contribution is 0.127. The van der Waals surface area contributed by atoms with Gasteiger partial charge in [0.25, 0.3) is 0 Å². The van der Waals surface area contributed by atoms with Crippen molar-refractivity contribution in [2.45, 2.75) is 32.5 Å². The average Bonchev–Trinajstić information content (AvgIpc) is 2.92. The minimum absolute atomic E-state index is 0.493. The molecule has 1 aromatic carbocycles. The second kappa shape index (κ2) is 6.18. The van der Waals surface area contributed by atoms with E-state index < -0.39 is 0 Å². The van der Waals surface area contributed by atoms with Crippen molar-refractivity contribution in [1.29, 1.82) is 0 Å². The molecule has 0 aliphatic carbocycles. The molecular weight excluding hydrogens is 286 g/mol. The summed E-state index contributed by atoms with van der Waals surface area (Å²) in [6.07, 6.45) is 1.79. The van der Waals surface area contributed by atoms with Gasteiger partial charge in [-0.2, -0.15) is 0 Å². The van der Waals surface area contributed by atoms with Gasteiger partial charge in [-0.05, 0) is 38.1 Å². The van der Waals surface area contributed by atoms with Crippen molar-refractivity contribution in [3.8, 4) is 11.3 Å². The molecule has 0 radical (unpaired) electrons. The van der Waals surface area contributed by atoms with Crippen LogP contribution in [0.5, 0.6) is 0 Å². The van der Waals surface area contributed by atoms with E-state index in [-0.39, 0.29) is 0 Å². The zero-order valence-corrected chi connectivity index (χ0v) is 13.1. The lowest BCUT2D eigenvalue weighted by atomic mass is 10.1. The smallest absolute Gasteiger partial charge is 0.209 e. The standard InChI is InChI=1S/C16H20ClN3O/c1-11-9-20(12(2)7-18-11)10-16-19-8-15(21-16)13-3-5-14(17)6-4-13/h3-6,8,11-12,18H,7,9-10H2,1-2H3. The van der Waals surface area contributed by atoms with Crippen LogP contribution in [-0.2, 0) is 6.54 Å². The third-order valence-electron chi connectivity index (χ3n) is 3.91. The molecule has 1 aliphatic rings. The maximum atomic E-state index is 5.90. The van der Waals surface area contributed by atoms with Crippen LogP contribution in [0.1, 0.15) is 19.7 Å². The van der Waals surface area contributed by atoms with Gasteiger partial charge in [-0.25, -0.2) is 4.98 Å². The third-order valence-corrected chi connectivity index (χ3v) is 4.17. The van der Waals surface area contributed by atoms with Gasteiger partial charge in [0.2, 0.25) is 5.89 Å². The fraction of sp³-hybridized carbons (Fsp3) is 0.438. The van der Waals surface area contributed by atoms with E-state index in [9.17, 15) is 0 Å². The summed E-state index contributed by atoms with van der Waals surface area (Å²) in [7, 11) is 0. The van der Waals surface area contributed by atoms with Crippen LogP contribution in [-0.4, -0.2) is 35.1 Å². The zero-order chi connectivity index (χ0) is 14.8. The van der Waals surface area contributed by atoms with Gasteiger partial charge in [0, 0.05) is 35.8 Å². The van der Waals surface area contributed by atoms with Gasteiger partial charge in [-0.3, -0.25) is 4.90 Å². The van der Waals surface area contributed by atoms with Gasteiger partial charge in [0.15, 0.2) is 5.76 Å². The Balaban J connectivity index is 1.71. The highest BCUT2D eigenvalue weighted by Crippen LogP contribution is 2.23. The maximum absolute atomic E-state index is 5.90. The predicted octanol–water partition coefficient (Wildman–Crippen LogP) is 3.18. The SMILES string of the molecule is CC1CN(Cc2ncc(-c3ccc(Cl)cc3)o2)C(C)CN1. The first-order chi connectivity index (χ1) is 10.1. The molecule has 3 rings (SSSR count). The highest BCUT2D eigenvalue weighted by atomic mass is 35.5. The molecular formula is C16H20ClN3O. The Hall–Kier alpha value is -1.36. The summed E-state index contributed by atoms with van der Waals surface area (Å²) >= 11 is 5.90. The van der Waals surface area contributed by atoms with Crippen LogP contribution < -0.4 is 5.32 Å². The molecule has 0 spiro atoms. The van der Waals surface area contributed by atoms with Crippen molar-refractivity contribution in [3.05, 3.63) is 41.4 Å². The second-order valence-corrected chi connectivity index (χ2v) is 6.15. The topological polar surface area (TPSA) is 41.3 Å². The minimum atomic E-state index is 0.493. The van der Waals surface area contributed by atoms with Crippen LogP contribution in [0.3, 0.4) is 0 Å². The molecule has 0 bridgehead atoms. The molecule has 2 aromatic rings. The second-order valence-electron chi connectivity index (χ2n) is 5.71. The zero-order valence-electron chi connectivity index (χ0n) is 12.3.